The number of anilines is 2. The zero-order valence-electron chi connectivity index (χ0n) is 11.9. The number of nitrogens with one attached hydrogen (secondary N) is 1. The molecule has 0 bridgehead atoms. The summed E-state index contributed by atoms with van der Waals surface area (Å²) in [4.78, 5) is 0. The second kappa shape index (κ2) is 5.79. The molecule has 19 heavy (non-hydrogen) atoms. The Kier molecular flexibility index (Phi) is 4.10. The highest BCUT2D eigenvalue weighted by atomic mass is 14.9. The van der Waals surface area contributed by atoms with Gasteiger partial charge in [-0.2, -0.15) is 0 Å². The van der Waals surface area contributed by atoms with Gasteiger partial charge in [0.1, 0.15) is 0 Å². The zero-order valence-corrected chi connectivity index (χ0v) is 11.9. The lowest BCUT2D eigenvalue weighted by molar-refractivity contribution is 0.865. The van der Waals surface area contributed by atoms with E-state index in [2.05, 4.69) is 56.4 Å². The molecular weight excluding hydrogens is 232 g/mol. The number of hydrogen-bond donors (Lipinski definition) is 2. The summed E-state index contributed by atoms with van der Waals surface area (Å²) < 4.78 is 0. The first-order valence-electron chi connectivity index (χ1n) is 6.74. The number of hydrogen-bond acceptors (Lipinski definition) is 2. The van der Waals surface area contributed by atoms with E-state index >= 15 is 0 Å². The van der Waals surface area contributed by atoms with E-state index in [0.29, 0.717) is 5.92 Å². The minimum Gasteiger partial charge on any atom is -0.399 e. The average Bonchev–Trinajstić information content (AvgIpc) is 2.36. The minimum absolute atomic E-state index is 0.582. The number of rotatable bonds is 4. The van der Waals surface area contributed by atoms with E-state index in [-0.39, 0.29) is 0 Å². The third kappa shape index (κ3) is 3.75. The van der Waals surface area contributed by atoms with Gasteiger partial charge in [-0.15, -0.1) is 0 Å². The molecule has 0 aliphatic rings. The maximum absolute atomic E-state index is 5.84. The summed E-state index contributed by atoms with van der Waals surface area (Å²) >= 11 is 0. The van der Waals surface area contributed by atoms with Crippen molar-refractivity contribution in [3.63, 3.8) is 0 Å². The molecule has 0 heterocycles. The third-order valence-corrected chi connectivity index (χ3v) is 3.24. The Bertz CT molecular complexity index is 521. The molecule has 0 amide bonds. The third-order valence-electron chi connectivity index (χ3n) is 3.24. The molecule has 0 aliphatic heterocycles. The van der Waals surface area contributed by atoms with Crippen LogP contribution in [0.15, 0.2) is 42.5 Å². The Morgan fingerprint density at radius 1 is 1.05 bits per heavy atom. The zero-order chi connectivity index (χ0) is 13.8. The van der Waals surface area contributed by atoms with E-state index in [1.807, 2.05) is 12.1 Å². The number of nitrogen functional groups attached to an aromatic ring is 1. The number of benzene rings is 2. The highest BCUT2D eigenvalue weighted by molar-refractivity contribution is 5.56. The van der Waals surface area contributed by atoms with Crippen LogP contribution in [0.3, 0.4) is 0 Å². The van der Waals surface area contributed by atoms with E-state index in [9.17, 15) is 0 Å². The summed E-state index contributed by atoms with van der Waals surface area (Å²) in [7, 11) is 0. The summed E-state index contributed by atoms with van der Waals surface area (Å²) in [6, 6.07) is 14.8. The first-order chi connectivity index (χ1) is 9.04. The highest BCUT2D eigenvalue weighted by Gasteiger charge is 2.00. The van der Waals surface area contributed by atoms with Gasteiger partial charge in [-0.25, -0.2) is 0 Å². The molecule has 0 saturated heterocycles. The van der Waals surface area contributed by atoms with E-state index in [1.165, 1.54) is 16.7 Å². The summed E-state index contributed by atoms with van der Waals surface area (Å²) in [6.07, 6.45) is 0. The molecule has 2 heteroatoms. The van der Waals surface area contributed by atoms with Gasteiger partial charge in [0, 0.05) is 17.9 Å². The van der Waals surface area contributed by atoms with E-state index in [1.54, 1.807) is 0 Å². The standard InChI is InChI=1S/C17H22N2/c1-12(2)15-6-4-14(5-7-15)11-19-17-9-13(3)8-16(18)10-17/h4-10,12,19H,11,18H2,1-3H3. The van der Waals surface area contributed by atoms with Crippen molar-refractivity contribution in [3.05, 3.63) is 59.2 Å². The molecule has 0 aromatic heterocycles. The molecule has 100 valence electrons. The van der Waals surface area contributed by atoms with Crippen LogP contribution in [0.1, 0.15) is 36.5 Å². The van der Waals surface area contributed by atoms with Crippen LogP contribution in [0, 0.1) is 6.92 Å². The smallest absolute Gasteiger partial charge is 0.0400 e. The molecule has 2 rings (SSSR count). The summed E-state index contributed by atoms with van der Waals surface area (Å²) in [5.74, 6) is 0.582. The average molecular weight is 254 g/mol. The second-order valence-electron chi connectivity index (χ2n) is 5.38. The van der Waals surface area contributed by atoms with Crippen LogP contribution in [0.25, 0.3) is 0 Å². The fraction of sp³-hybridized carbons (Fsp3) is 0.294. The molecule has 3 N–H and O–H groups in total. The van der Waals surface area contributed by atoms with E-state index in [0.717, 1.165) is 17.9 Å². The molecule has 2 aromatic rings. The summed E-state index contributed by atoms with van der Waals surface area (Å²) in [6.45, 7) is 7.30. The molecule has 0 unspecified atom stereocenters. The predicted octanol–water partition coefficient (Wildman–Crippen LogP) is 4.31. The lowest BCUT2D eigenvalue weighted by Gasteiger charge is -2.10. The van der Waals surface area contributed by atoms with Gasteiger partial charge in [-0.3, -0.25) is 0 Å². The Hall–Kier alpha value is -1.96. The Balaban J connectivity index is 2.02. The molecule has 0 aliphatic carbocycles. The van der Waals surface area contributed by atoms with Crippen LogP contribution < -0.4 is 11.1 Å². The van der Waals surface area contributed by atoms with Gasteiger partial charge in [0.2, 0.25) is 0 Å². The maximum Gasteiger partial charge on any atom is 0.0400 e. The van der Waals surface area contributed by atoms with Gasteiger partial charge >= 0.3 is 0 Å². The minimum atomic E-state index is 0.582. The molecule has 0 fully saturated rings. The Morgan fingerprint density at radius 3 is 2.32 bits per heavy atom. The summed E-state index contributed by atoms with van der Waals surface area (Å²) in [5.41, 5.74) is 11.6. The van der Waals surface area contributed by atoms with Gasteiger partial charge in [0.05, 0.1) is 0 Å². The number of aryl methyl sites for hydroxylation is 1. The molecular formula is C17H22N2. The van der Waals surface area contributed by atoms with Gasteiger partial charge in [-0.1, -0.05) is 38.1 Å². The van der Waals surface area contributed by atoms with Gasteiger partial charge < -0.3 is 11.1 Å². The lowest BCUT2D eigenvalue weighted by atomic mass is 10.0. The highest BCUT2D eigenvalue weighted by Crippen LogP contribution is 2.18. The van der Waals surface area contributed by atoms with Crippen molar-refractivity contribution in [2.45, 2.75) is 33.2 Å². The van der Waals surface area contributed by atoms with Gasteiger partial charge in [-0.05, 0) is 47.7 Å². The molecule has 2 nitrogen and oxygen atoms in total. The number of nitrogens with two attached hydrogens (primary N) is 1. The predicted molar refractivity (Wildman–Crippen MR) is 83.4 cm³/mol. The second-order valence-corrected chi connectivity index (χ2v) is 5.38. The van der Waals surface area contributed by atoms with Crippen molar-refractivity contribution in [1.82, 2.24) is 0 Å². The molecule has 0 atom stereocenters. The van der Waals surface area contributed by atoms with Crippen molar-refractivity contribution in [1.29, 1.82) is 0 Å². The van der Waals surface area contributed by atoms with Crippen LogP contribution in [-0.4, -0.2) is 0 Å². The first-order valence-corrected chi connectivity index (χ1v) is 6.74. The van der Waals surface area contributed by atoms with Crippen molar-refractivity contribution in [3.8, 4) is 0 Å². The molecule has 0 spiro atoms. The Morgan fingerprint density at radius 2 is 1.74 bits per heavy atom. The van der Waals surface area contributed by atoms with Crippen LogP contribution in [0.4, 0.5) is 11.4 Å². The largest absolute Gasteiger partial charge is 0.399 e. The van der Waals surface area contributed by atoms with Crippen LogP contribution >= 0.6 is 0 Å². The van der Waals surface area contributed by atoms with E-state index in [4.69, 9.17) is 5.73 Å². The molecule has 0 radical (unpaired) electrons. The lowest BCUT2D eigenvalue weighted by Crippen LogP contribution is -2.01. The first kappa shape index (κ1) is 13.5. The van der Waals surface area contributed by atoms with Crippen molar-refractivity contribution >= 4 is 11.4 Å². The monoisotopic (exact) mass is 254 g/mol. The SMILES string of the molecule is Cc1cc(N)cc(NCc2ccc(C(C)C)cc2)c1. The van der Waals surface area contributed by atoms with Crippen molar-refractivity contribution in [2.24, 2.45) is 0 Å². The van der Waals surface area contributed by atoms with Gasteiger partial charge in [0.25, 0.3) is 0 Å². The molecule has 0 saturated carbocycles. The van der Waals surface area contributed by atoms with Crippen LogP contribution in [0.2, 0.25) is 0 Å². The van der Waals surface area contributed by atoms with Crippen LogP contribution in [0.5, 0.6) is 0 Å². The molecule has 2 aromatic carbocycles. The summed E-state index contributed by atoms with van der Waals surface area (Å²) in [5, 5.41) is 3.41. The van der Waals surface area contributed by atoms with Crippen molar-refractivity contribution in [2.75, 3.05) is 11.1 Å². The van der Waals surface area contributed by atoms with Crippen LogP contribution in [-0.2, 0) is 6.54 Å². The maximum atomic E-state index is 5.84. The van der Waals surface area contributed by atoms with E-state index < -0.39 is 0 Å². The normalized spacial score (nSPS) is 10.7. The Labute approximate surface area is 115 Å². The fourth-order valence-corrected chi connectivity index (χ4v) is 2.14. The van der Waals surface area contributed by atoms with Gasteiger partial charge in [0.15, 0.2) is 0 Å². The quantitative estimate of drug-likeness (QED) is 0.798. The van der Waals surface area contributed by atoms with Crippen molar-refractivity contribution < 1.29 is 0 Å². The fourth-order valence-electron chi connectivity index (χ4n) is 2.14. The topological polar surface area (TPSA) is 38.0 Å².